The Morgan fingerprint density at radius 3 is 2.21 bits per heavy atom. The smallest absolute Gasteiger partial charge is 0.407 e. The van der Waals surface area contributed by atoms with E-state index in [1.165, 1.54) is 0 Å². The lowest BCUT2D eigenvalue weighted by Gasteiger charge is -2.25. The van der Waals surface area contributed by atoms with Crippen LogP contribution in [0.2, 0.25) is 0 Å². The van der Waals surface area contributed by atoms with Crippen LogP contribution in [0.25, 0.3) is 11.1 Å². The van der Waals surface area contributed by atoms with Crippen molar-refractivity contribution < 1.29 is 29.3 Å². The number of aliphatic hydroxyl groups excluding tert-OH is 1. The van der Waals surface area contributed by atoms with Gasteiger partial charge >= 0.3 is 12.1 Å². The summed E-state index contributed by atoms with van der Waals surface area (Å²) in [6, 6.07) is 14.1. The summed E-state index contributed by atoms with van der Waals surface area (Å²) in [7, 11) is 0. The molecule has 1 fully saturated rings. The third-order valence-corrected chi connectivity index (χ3v) is 6.64. The van der Waals surface area contributed by atoms with Crippen LogP contribution in [-0.4, -0.2) is 53.0 Å². The summed E-state index contributed by atoms with van der Waals surface area (Å²) >= 11 is 0. The average molecular weight is 467 g/mol. The molecule has 3 unspecified atom stereocenters. The zero-order chi connectivity index (χ0) is 24.1. The number of nitrogens with one attached hydrogen (secondary N) is 2. The van der Waals surface area contributed by atoms with E-state index in [2.05, 4.69) is 10.6 Å². The molecule has 2 aromatic carbocycles. The van der Waals surface area contributed by atoms with Gasteiger partial charge in [0.25, 0.3) is 0 Å². The van der Waals surface area contributed by atoms with Crippen molar-refractivity contribution >= 4 is 18.0 Å². The lowest BCUT2D eigenvalue weighted by Crippen LogP contribution is -2.53. The quantitative estimate of drug-likeness (QED) is 0.465. The monoisotopic (exact) mass is 466 g/mol. The Labute approximate surface area is 198 Å². The molecule has 0 radical (unpaired) electrons. The van der Waals surface area contributed by atoms with Crippen LogP contribution in [0.4, 0.5) is 4.79 Å². The molecule has 2 amide bonds. The molecule has 4 N–H and O–H groups in total. The number of carbonyl (C=O) groups excluding carboxylic acids is 2. The summed E-state index contributed by atoms with van der Waals surface area (Å²) in [5, 5.41) is 24.6. The molecule has 0 spiro atoms. The fourth-order valence-corrected chi connectivity index (χ4v) is 4.91. The third kappa shape index (κ3) is 5.39. The van der Waals surface area contributed by atoms with Gasteiger partial charge in [-0.2, -0.15) is 0 Å². The maximum Gasteiger partial charge on any atom is 0.407 e. The standard InChI is InChI=1S/C26H30N2O6/c29-23-13-3-1-2-12-21(23)27-25(32)22(14-24(30)31)28-26(33)34-15-20-18-10-6-4-8-16(18)17-9-5-7-11-19(17)20/h4-11,20-23,29H,1-3,12-15H2,(H,27,32)(H,28,33)(H,30,31). The predicted octanol–water partition coefficient (Wildman–Crippen LogP) is 3.18. The van der Waals surface area contributed by atoms with Crippen LogP contribution in [0, 0.1) is 0 Å². The van der Waals surface area contributed by atoms with Gasteiger partial charge in [0.05, 0.1) is 18.6 Å². The summed E-state index contributed by atoms with van der Waals surface area (Å²) in [4.78, 5) is 36.7. The van der Waals surface area contributed by atoms with Gasteiger partial charge in [0.1, 0.15) is 12.6 Å². The van der Waals surface area contributed by atoms with E-state index in [4.69, 9.17) is 4.74 Å². The number of aliphatic hydroxyl groups is 1. The number of aliphatic carboxylic acids is 1. The van der Waals surface area contributed by atoms with E-state index in [0.717, 1.165) is 41.5 Å². The van der Waals surface area contributed by atoms with Crippen molar-refractivity contribution in [3.8, 4) is 11.1 Å². The van der Waals surface area contributed by atoms with Crippen molar-refractivity contribution in [2.75, 3.05) is 6.61 Å². The van der Waals surface area contributed by atoms with Gasteiger partial charge in [-0.3, -0.25) is 9.59 Å². The molecule has 34 heavy (non-hydrogen) atoms. The first kappa shape index (κ1) is 23.8. The van der Waals surface area contributed by atoms with E-state index < -0.39 is 42.6 Å². The van der Waals surface area contributed by atoms with Gasteiger partial charge in [-0.15, -0.1) is 0 Å². The normalized spacial score (nSPS) is 20.4. The van der Waals surface area contributed by atoms with Gasteiger partial charge in [0.2, 0.25) is 5.91 Å². The number of ether oxygens (including phenoxy) is 1. The Kier molecular flexibility index (Phi) is 7.47. The number of fused-ring (bicyclic) bond motifs is 3. The number of hydrogen-bond acceptors (Lipinski definition) is 5. The molecule has 0 heterocycles. The molecule has 0 saturated heterocycles. The van der Waals surface area contributed by atoms with Crippen LogP contribution < -0.4 is 10.6 Å². The lowest BCUT2D eigenvalue weighted by molar-refractivity contribution is -0.140. The van der Waals surface area contributed by atoms with Gasteiger partial charge in [-0.1, -0.05) is 67.8 Å². The molecule has 1 saturated carbocycles. The van der Waals surface area contributed by atoms with E-state index in [1.807, 2.05) is 48.5 Å². The number of alkyl carbamates (subject to hydrolysis) is 1. The van der Waals surface area contributed by atoms with E-state index in [0.29, 0.717) is 12.8 Å². The minimum atomic E-state index is -1.30. The number of rotatable bonds is 7. The van der Waals surface area contributed by atoms with Gasteiger partial charge in [0.15, 0.2) is 0 Å². The van der Waals surface area contributed by atoms with Crippen LogP contribution in [-0.2, 0) is 14.3 Å². The van der Waals surface area contributed by atoms with E-state index >= 15 is 0 Å². The molecule has 0 aliphatic heterocycles. The van der Waals surface area contributed by atoms with Crippen molar-refractivity contribution in [3.63, 3.8) is 0 Å². The highest BCUT2D eigenvalue weighted by Gasteiger charge is 2.31. The molecule has 2 aromatic rings. The summed E-state index contributed by atoms with van der Waals surface area (Å²) < 4.78 is 5.46. The molecule has 0 bridgehead atoms. The Bertz CT molecular complexity index is 1010. The Hall–Kier alpha value is -3.39. The summed E-state index contributed by atoms with van der Waals surface area (Å²) in [6.07, 6.45) is 1.77. The first-order valence-corrected chi connectivity index (χ1v) is 11.8. The van der Waals surface area contributed by atoms with Gasteiger partial charge in [0, 0.05) is 5.92 Å². The zero-order valence-corrected chi connectivity index (χ0v) is 18.9. The predicted molar refractivity (Wildman–Crippen MR) is 125 cm³/mol. The Morgan fingerprint density at radius 2 is 1.56 bits per heavy atom. The highest BCUT2D eigenvalue weighted by atomic mass is 16.5. The molecule has 180 valence electrons. The lowest BCUT2D eigenvalue weighted by atomic mass is 9.98. The van der Waals surface area contributed by atoms with Crippen LogP contribution in [0.3, 0.4) is 0 Å². The fourth-order valence-electron chi connectivity index (χ4n) is 4.91. The van der Waals surface area contributed by atoms with Gasteiger partial charge in [-0.05, 0) is 35.1 Å². The molecular formula is C26H30N2O6. The average Bonchev–Trinajstić information content (AvgIpc) is 3.00. The van der Waals surface area contributed by atoms with E-state index in [9.17, 15) is 24.6 Å². The van der Waals surface area contributed by atoms with E-state index in [1.54, 1.807) is 0 Å². The zero-order valence-electron chi connectivity index (χ0n) is 18.9. The second-order valence-electron chi connectivity index (χ2n) is 8.94. The molecule has 8 heteroatoms. The maximum atomic E-state index is 12.8. The molecular weight excluding hydrogens is 436 g/mol. The van der Waals surface area contributed by atoms with Crippen molar-refractivity contribution in [1.82, 2.24) is 10.6 Å². The minimum absolute atomic E-state index is 0.0581. The van der Waals surface area contributed by atoms with Crippen molar-refractivity contribution in [1.29, 1.82) is 0 Å². The topological polar surface area (TPSA) is 125 Å². The number of carbonyl (C=O) groups is 3. The molecule has 0 aromatic heterocycles. The summed E-state index contributed by atoms with van der Waals surface area (Å²) in [6.45, 7) is 0.0581. The SMILES string of the molecule is O=C(O)CC(NC(=O)OCC1c2ccccc2-c2ccccc21)C(=O)NC1CCCCCC1O. The third-order valence-electron chi connectivity index (χ3n) is 6.64. The maximum absolute atomic E-state index is 12.8. The second kappa shape index (κ2) is 10.7. The van der Waals surface area contributed by atoms with Crippen LogP contribution in [0.5, 0.6) is 0 Å². The number of carboxylic acids is 1. The summed E-state index contributed by atoms with van der Waals surface area (Å²) in [5.74, 6) is -2.01. The first-order valence-electron chi connectivity index (χ1n) is 11.8. The van der Waals surface area contributed by atoms with Crippen LogP contribution >= 0.6 is 0 Å². The largest absolute Gasteiger partial charge is 0.481 e. The van der Waals surface area contributed by atoms with Crippen molar-refractivity contribution in [2.24, 2.45) is 0 Å². The van der Waals surface area contributed by atoms with Gasteiger partial charge < -0.3 is 25.6 Å². The first-order chi connectivity index (χ1) is 16.4. The molecule has 8 nitrogen and oxygen atoms in total. The molecule has 2 aliphatic rings. The van der Waals surface area contributed by atoms with Crippen LogP contribution in [0.1, 0.15) is 55.6 Å². The summed E-state index contributed by atoms with van der Waals surface area (Å²) in [5.41, 5.74) is 4.30. The minimum Gasteiger partial charge on any atom is -0.481 e. The van der Waals surface area contributed by atoms with Crippen molar-refractivity contribution in [2.45, 2.75) is 62.6 Å². The Balaban J connectivity index is 1.40. The number of carboxylic acid groups (broad SMARTS) is 1. The number of amides is 2. The fraction of sp³-hybridized carbons (Fsp3) is 0.423. The Morgan fingerprint density at radius 1 is 0.941 bits per heavy atom. The van der Waals surface area contributed by atoms with Gasteiger partial charge in [-0.25, -0.2) is 4.79 Å². The van der Waals surface area contributed by atoms with Crippen molar-refractivity contribution in [3.05, 3.63) is 59.7 Å². The highest BCUT2D eigenvalue weighted by molar-refractivity contribution is 5.89. The van der Waals surface area contributed by atoms with Crippen LogP contribution in [0.15, 0.2) is 48.5 Å². The number of hydrogen-bond donors (Lipinski definition) is 4. The molecule has 3 atom stereocenters. The highest BCUT2D eigenvalue weighted by Crippen LogP contribution is 2.44. The number of benzene rings is 2. The molecule has 4 rings (SSSR count). The second-order valence-corrected chi connectivity index (χ2v) is 8.94. The van der Waals surface area contributed by atoms with E-state index in [-0.39, 0.29) is 12.5 Å². The molecule has 2 aliphatic carbocycles.